The molecule has 0 unspecified atom stereocenters. The largest absolute Gasteiger partial charge is 0.0628 e. The highest BCUT2D eigenvalue weighted by atomic mass is 14.1. The molecule has 0 N–H and O–H groups in total. The van der Waals surface area contributed by atoms with E-state index >= 15 is 0 Å². The van der Waals surface area contributed by atoms with Crippen molar-refractivity contribution < 1.29 is 0 Å². The van der Waals surface area contributed by atoms with Crippen molar-refractivity contribution in [2.45, 2.75) is 66.7 Å². The molecule has 102 valence electrons. The van der Waals surface area contributed by atoms with Crippen LogP contribution in [0.2, 0.25) is 0 Å². The maximum atomic E-state index is 2.34. The van der Waals surface area contributed by atoms with Gasteiger partial charge in [0.05, 0.1) is 0 Å². The molecule has 0 saturated heterocycles. The maximum Gasteiger partial charge on any atom is -0.0271 e. The van der Waals surface area contributed by atoms with Crippen LogP contribution in [0.3, 0.4) is 0 Å². The Balaban J connectivity index is 2.85. The van der Waals surface area contributed by atoms with Crippen molar-refractivity contribution in [3.05, 3.63) is 34.9 Å². The van der Waals surface area contributed by atoms with Crippen molar-refractivity contribution in [1.82, 2.24) is 0 Å². The van der Waals surface area contributed by atoms with E-state index in [0.29, 0.717) is 0 Å². The highest BCUT2D eigenvalue weighted by Crippen LogP contribution is 2.22. The molecule has 1 aromatic carbocycles. The molecule has 0 aliphatic rings. The molecule has 0 heteroatoms. The molecule has 0 spiro atoms. The van der Waals surface area contributed by atoms with Gasteiger partial charge in [0.2, 0.25) is 0 Å². The van der Waals surface area contributed by atoms with E-state index in [4.69, 9.17) is 0 Å². The summed E-state index contributed by atoms with van der Waals surface area (Å²) in [5, 5.41) is 0. The molecule has 0 saturated carbocycles. The maximum absolute atomic E-state index is 2.34. The topological polar surface area (TPSA) is 0 Å². The molecule has 0 atom stereocenters. The van der Waals surface area contributed by atoms with Gasteiger partial charge in [0.15, 0.2) is 0 Å². The van der Waals surface area contributed by atoms with Crippen LogP contribution in [0.1, 0.15) is 64.2 Å². The summed E-state index contributed by atoms with van der Waals surface area (Å²) in [6.45, 7) is 11.6. The summed E-state index contributed by atoms with van der Waals surface area (Å²) < 4.78 is 0. The van der Waals surface area contributed by atoms with Crippen LogP contribution in [0.4, 0.5) is 0 Å². The van der Waals surface area contributed by atoms with Gasteiger partial charge in [-0.25, -0.2) is 0 Å². The molecule has 0 aliphatic carbocycles. The van der Waals surface area contributed by atoms with E-state index in [1.165, 1.54) is 32.1 Å². The summed E-state index contributed by atoms with van der Waals surface area (Å²) in [4.78, 5) is 0. The number of aryl methyl sites for hydroxylation is 2. The molecule has 1 rings (SSSR count). The van der Waals surface area contributed by atoms with E-state index in [1.54, 1.807) is 16.7 Å². The first-order valence-corrected chi connectivity index (χ1v) is 7.64. The summed E-state index contributed by atoms with van der Waals surface area (Å²) in [5.41, 5.74) is 4.81. The molecule has 0 aromatic heterocycles. The first-order chi connectivity index (χ1) is 8.54. The van der Waals surface area contributed by atoms with E-state index in [0.717, 1.165) is 11.8 Å². The Hall–Kier alpha value is -0.780. The van der Waals surface area contributed by atoms with E-state index in [9.17, 15) is 0 Å². The highest BCUT2D eigenvalue weighted by Gasteiger charge is 2.08. The Kier molecular flexibility index (Phi) is 6.46. The Labute approximate surface area is 114 Å². The number of rotatable bonds is 7. The second kappa shape index (κ2) is 7.61. The predicted octanol–water partition coefficient (Wildman–Crippen LogP) is 5.43. The zero-order valence-electron chi connectivity index (χ0n) is 12.9. The standard InChI is InChI=1S/C18H30/c1-6-16-8-7-9-17(12-10-14(2)3)18(16)13-11-15(4)5/h7-9,14-15H,6,10-13H2,1-5H3. The fraction of sp³-hybridized carbons (Fsp3) is 0.667. The van der Waals surface area contributed by atoms with Gasteiger partial charge >= 0.3 is 0 Å². The molecule has 0 amide bonds. The minimum absolute atomic E-state index is 0.799. The van der Waals surface area contributed by atoms with Crippen LogP contribution in [0.15, 0.2) is 18.2 Å². The monoisotopic (exact) mass is 246 g/mol. The first kappa shape index (κ1) is 15.3. The van der Waals surface area contributed by atoms with E-state index in [2.05, 4.69) is 52.8 Å². The second-order valence-corrected chi connectivity index (χ2v) is 6.27. The van der Waals surface area contributed by atoms with E-state index in [-0.39, 0.29) is 0 Å². The predicted molar refractivity (Wildman–Crippen MR) is 82.1 cm³/mol. The minimum atomic E-state index is 0.799. The number of hydrogen-bond donors (Lipinski definition) is 0. The number of benzene rings is 1. The lowest BCUT2D eigenvalue weighted by atomic mass is 9.90. The Morgan fingerprint density at radius 1 is 0.833 bits per heavy atom. The lowest BCUT2D eigenvalue weighted by Crippen LogP contribution is -2.03. The van der Waals surface area contributed by atoms with Crippen molar-refractivity contribution in [2.24, 2.45) is 11.8 Å². The normalized spacial score (nSPS) is 11.5. The summed E-state index contributed by atoms with van der Waals surface area (Å²) in [6.07, 6.45) is 6.30. The molecule has 0 bridgehead atoms. The van der Waals surface area contributed by atoms with Crippen LogP contribution in [0, 0.1) is 11.8 Å². The van der Waals surface area contributed by atoms with Crippen LogP contribution in [0.5, 0.6) is 0 Å². The van der Waals surface area contributed by atoms with Crippen molar-refractivity contribution in [2.75, 3.05) is 0 Å². The van der Waals surface area contributed by atoms with Crippen molar-refractivity contribution >= 4 is 0 Å². The van der Waals surface area contributed by atoms with Crippen LogP contribution in [-0.2, 0) is 19.3 Å². The fourth-order valence-electron chi connectivity index (χ4n) is 2.45. The van der Waals surface area contributed by atoms with Crippen LogP contribution >= 0.6 is 0 Å². The third-order valence-corrected chi connectivity index (χ3v) is 3.71. The first-order valence-electron chi connectivity index (χ1n) is 7.64. The van der Waals surface area contributed by atoms with Gasteiger partial charge in [0.1, 0.15) is 0 Å². The minimum Gasteiger partial charge on any atom is -0.0628 e. The van der Waals surface area contributed by atoms with Crippen LogP contribution in [0.25, 0.3) is 0 Å². The van der Waals surface area contributed by atoms with Crippen molar-refractivity contribution in [3.8, 4) is 0 Å². The summed E-state index contributed by atoms with van der Waals surface area (Å²) in [7, 11) is 0. The molecule has 0 aliphatic heterocycles. The molecule has 18 heavy (non-hydrogen) atoms. The van der Waals surface area contributed by atoms with Crippen molar-refractivity contribution in [3.63, 3.8) is 0 Å². The fourth-order valence-corrected chi connectivity index (χ4v) is 2.45. The molecular formula is C18H30. The number of hydrogen-bond acceptors (Lipinski definition) is 0. The van der Waals surface area contributed by atoms with Gasteiger partial charge < -0.3 is 0 Å². The van der Waals surface area contributed by atoms with Crippen molar-refractivity contribution in [1.29, 1.82) is 0 Å². The zero-order valence-corrected chi connectivity index (χ0v) is 12.9. The van der Waals surface area contributed by atoms with E-state index < -0.39 is 0 Å². The Bertz CT molecular complexity index is 347. The van der Waals surface area contributed by atoms with Gasteiger partial charge in [-0.1, -0.05) is 52.8 Å². The highest BCUT2D eigenvalue weighted by molar-refractivity contribution is 5.35. The molecule has 0 fully saturated rings. The van der Waals surface area contributed by atoms with Gasteiger partial charge in [0.25, 0.3) is 0 Å². The van der Waals surface area contributed by atoms with Gasteiger partial charge in [-0.3, -0.25) is 0 Å². The summed E-state index contributed by atoms with van der Waals surface area (Å²) >= 11 is 0. The Morgan fingerprint density at radius 3 is 1.94 bits per heavy atom. The van der Waals surface area contributed by atoms with Gasteiger partial charge in [0, 0.05) is 0 Å². The molecule has 0 radical (unpaired) electrons. The average Bonchev–Trinajstić information content (AvgIpc) is 2.33. The molecule has 0 nitrogen and oxygen atoms in total. The third-order valence-electron chi connectivity index (χ3n) is 3.71. The average molecular weight is 246 g/mol. The summed E-state index contributed by atoms with van der Waals surface area (Å²) in [5.74, 6) is 1.60. The molecule has 0 heterocycles. The zero-order chi connectivity index (χ0) is 13.5. The Morgan fingerprint density at radius 2 is 1.39 bits per heavy atom. The quantitative estimate of drug-likeness (QED) is 0.602. The van der Waals surface area contributed by atoms with Gasteiger partial charge in [-0.2, -0.15) is 0 Å². The van der Waals surface area contributed by atoms with Gasteiger partial charge in [-0.05, 0) is 60.6 Å². The van der Waals surface area contributed by atoms with Crippen LogP contribution < -0.4 is 0 Å². The lowest BCUT2D eigenvalue weighted by molar-refractivity contribution is 0.569. The second-order valence-electron chi connectivity index (χ2n) is 6.27. The summed E-state index contributed by atoms with van der Waals surface area (Å²) in [6, 6.07) is 6.90. The molecular weight excluding hydrogens is 216 g/mol. The smallest absolute Gasteiger partial charge is 0.0271 e. The van der Waals surface area contributed by atoms with Gasteiger partial charge in [-0.15, -0.1) is 0 Å². The molecule has 1 aromatic rings. The van der Waals surface area contributed by atoms with Crippen LogP contribution in [-0.4, -0.2) is 0 Å². The lowest BCUT2D eigenvalue weighted by Gasteiger charge is -2.16. The third kappa shape index (κ3) is 4.84. The van der Waals surface area contributed by atoms with E-state index in [1.807, 2.05) is 0 Å². The SMILES string of the molecule is CCc1cccc(CCC(C)C)c1CCC(C)C.